The highest BCUT2D eigenvalue weighted by Gasteiger charge is 2.57. The number of hydrogen-bond donors (Lipinski definition) is 1. The van der Waals surface area contributed by atoms with Crippen LogP contribution in [-0.2, 0) is 0 Å². The van der Waals surface area contributed by atoms with Gasteiger partial charge in [-0.3, -0.25) is 0 Å². The van der Waals surface area contributed by atoms with E-state index in [9.17, 15) is 18.3 Å². The molecule has 100 valence electrons. The summed E-state index contributed by atoms with van der Waals surface area (Å²) in [7, 11) is 0. The van der Waals surface area contributed by atoms with Crippen molar-refractivity contribution in [1.29, 1.82) is 0 Å². The van der Waals surface area contributed by atoms with Gasteiger partial charge in [-0.05, 0) is 0 Å². The summed E-state index contributed by atoms with van der Waals surface area (Å²) in [5.74, 6) is 0. The van der Waals surface area contributed by atoms with Crippen LogP contribution in [-0.4, -0.2) is 40.2 Å². The number of alkyl halides is 3. The Bertz CT molecular complexity index is 471. The van der Waals surface area contributed by atoms with Gasteiger partial charge < -0.3 is 10.0 Å². The molecule has 0 aliphatic carbocycles. The van der Waals surface area contributed by atoms with E-state index < -0.39 is 24.7 Å². The normalized spacial score (nSPS) is 24.7. The van der Waals surface area contributed by atoms with Crippen molar-refractivity contribution in [1.82, 2.24) is 10.2 Å². The van der Waals surface area contributed by atoms with Crippen LogP contribution in [0, 0.1) is 0 Å². The van der Waals surface area contributed by atoms with Crippen molar-refractivity contribution in [3.05, 3.63) is 16.4 Å². The molecule has 0 saturated carbocycles. The second-order valence-electron chi connectivity index (χ2n) is 4.04. The highest BCUT2D eigenvalue weighted by atomic mass is 35.5. The standard InChI is InChI=1S/C9H8Cl2F3N3O/c10-6-3-5(7(11)16-15-6)17-2-1-8(18,4-17)9(12,13)14/h3,18H,1-2,4H2. The van der Waals surface area contributed by atoms with Gasteiger partial charge in [-0.15, -0.1) is 10.2 Å². The molecule has 0 aromatic carbocycles. The first-order valence-electron chi connectivity index (χ1n) is 4.96. The molecule has 1 atom stereocenters. The first kappa shape index (κ1) is 13.6. The molecule has 0 radical (unpaired) electrons. The predicted molar refractivity (Wildman–Crippen MR) is 59.9 cm³/mol. The molecule has 0 bridgehead atoms. The lowest BCUT2D eigenvalue weighted by Gasteiger charge is -2.26. The zero-order valence-electron chi connectivity index (χ0n) is 8.88. The quantitative estimate of drug-likeness (QED) is 0.864. The van der Waals surface area contributed by atoms with Gasteiger partial charge in [-0.2, -0.15) is 13.2 Å². The van der Waals surface area contributed by atoms with E-state index in [0.717, 1.165) is 0 Å². The van der Waals surface area contributed by atoms with Crippen LogP contribution >= 0.6 is 23.2 Å². The van der Waals surface area contributed by atoms with E-state index in [1.165, 1.54) is 11.0 Å². The number of halogens is 5. The third-order valence-electron chi connectivity index (χ3n) is 2.82. The Morgan fingerprint density at radius 1 is 1.33 bits per heavy atom. The maximum atomic E-state index is 12.7. The van der Waals surface area contributed by atoms with E-state index in [4.69, 9.17) is 23.2 Å². The second kappa shape index (κ2) is 4.40. The third kappa shape index (κ3) is 2.34. The molecule has 0 spiro atoms. The van der Waals surface area contributed by atoms with Crippen molar-refractivity contribution < 1.29 is 18.3 Å². The fourth-order valence-corrected chi connectivity index (χ4v) is 2.15. The molecule has 1 fully saturated rings. The fraction of sp³-hybridized carbons (Fsp3) is 0.556. The van der Waals surface area contributed by atoms with Crippen molar-refractivity contribution >= 4 is 28.9 Å². The van der Waals surface area contributed by atoms with E-state index in [1.807, 2.05) is 0 Å². The molecule has 9 heteroatoms. The van der Waals surface area contributed by atoms with Crippen molar-refractivity contribution in [2.24, 2.45) is 0 Å². The number of nitrogens with zero attached hydrogens (tertiary/aromatic N) is 3. The van der Waals surface area contributed by atoms with Gasteiger partial charge in [0.05, 0.1) is 12.2 Å². The van der Waals surface area contributed by atoms with Gasteiger partial charge >= 0.3 is 6.18 Å². The molecule has 1 unspecified atom stereocenters. The van der Waals surface area contributed by atoms with Crippen molar-refractivity contribution in [3.63, 3.8) is 0 Å². The first-order chi connectivity index (χ1) is 8.23. The minimum Gasteiger partial charge on any atom is -0.379 e. The van der Waals surface area contributed by atoms with Crippen LogP contribution in [0.5, 0.6) is 0 Å². The molecule has 1 N–H and O–H groups in total. The topological polar surface area (TPSA) is 49.2 Å². The smallest absolute Gasteiger partial charge is 0.379 e. The molecular formula is C9H8Cl2F3N3O. The Morgan fingerprint density at radius 2 is 2.00 bits per heavy atom. The molecule has 2 heterocycles. The average Bonchev–Trinajstić information content (AvgIpc) is 2.65. The van der Waals surface area contributed by atoms with E-state index in [0.29, 0.717) is 0 Å². The molecule has 1 aromatic heterocycles. The summed E-state index contributed by atoms with van der Waals surface area (Å²) in [6.45, 7) is -0.587. The largest absolute Gasteiger partial charge is 0.418 e. The predicted octanol–water partition coefficient (Wildman–Crippen LogP) is 2.29. The Labute approximate surface area is 110 Å². The summed E-state index contributed by atoms with van der Waals surface area (Å²) < 4.78 is 38.0. The molecule has 1 aliphatic heterocycles. The molecule has 1 aromatic rings. The molecule has 1 aliphatic rings. The monoisotopic (exact) mass is 301 g/mol. The van der Waals surface area contributed by atoms with Crippen LogP contribution in [0.25, 0.3) is 0 Å². The Hall–Kier alpha value is -0.790. The average molecular weight is 302 g/mol. The van der Waals surface area contributed by atoms with Gasteiger partial charge in [0.25, 0.3) is 0 Å². The summed E-state index contributed by atoms with van der Waals surface area (Å²) in [6, 6.07) is 1.32. The van der Waals surface area contributed by atoms with Gasteiger partial charge in [0, 0.05) is 19.0 Å². The SMILES string of the molecule is OC1(C(F)(F)F)CCN(c2cc(Cl)nnc2Cl)C1. The molecule has 18 heavy (non-hydrogen) atoms. The highest BCUT2D eigenvalue weighted by Crippen LogP contribution is 2.40. The van der Waals surface area contributed by atoms with Gasteiger partial charge in [0.1, 0.15) is 0 Å². The lowest BCUT2D eigenvalue weighted by Crippen LogP contribution is -2.47. The minimum atomic E-state index is -4.68. The maximum Gasteiger partial charge on any atom is 0.418 e. The second-order valence-corrected chi connectivity index (χ2v) is 4.79. The van der Waals surface area contributed by atoms with E-state index >= 15 is 0 Å². The summed E-state index contributed by atoms with van der Waals surface area (Å²) in [6.07, 6.45) is -5.11. The lowest BCUT2D eigenvalue weighted by molar-refractivity contribution is -0.250. The lowest BCUT2D eigenvalue weighted by atomic mass is 10.0. The number of anilines is 1. The number of aliphatic hydroxyl groups is 1. The van der Waals surface area contributed by atoms with Crippen LogP contribution in [0.2, 0.25) is 10.3 Å². The summed E-state index contributed by atoms with van der Waals surface area (Å²) in [4.78, 5) is 1.29. The first-order valence-corrected chi connectivity index (χ1v) is 5.71. The maximum absolute atomic E-state index is 12.7. The fourth-order valence-electron chi connectivity index (χ4n) is 1.80. The Morgan fingerprint density at radius 3 is 2.56 bits per heavy atom. The van der Waals surface area contributed by atoms with Gasteiger partial charge in [0.2, 0.25) is 0 Å². The zero-order chi connectivity index (χ0) is 13.6. The van der Waals surface area contributed by atoms with E-state index in [-0.39, 0.29) is 22.5 Å². The summed E-state index contributed by atoms with van der Waals surface area (Å²) in [5, 5.41) is 16.5. The van der Waals surface area contributed by atoms with E-state index in [2.05, 4.69) is 10.2 Å². The van der Waals surface area contributed by atoms with Crippen LogP contribution in [0.15, 0.2) is 6.07 Å². The summed E-state index contributed by atoms with van der Waals surface area (Å²) >= 11 is 11.4. The third-order valence-corrected chi connectivity index (χ3v) is 3.27. The van der Waals surface area contributed by atoms with Crippen LogP contribution in [0.1, 0.15) is 6.42 Å². The van der Waals surface area contributed by atoms with Crippen molar-refractivity contribution in [3.8, 4) is 0 Å². The minimum absolute atomic E-state index is 0.0117. The molecular weight excluding hydrogens is 294 g/mol. The number of β-amino-alcohol motifs (C(OH)–C–C–N with tert-alkyl or cyclic N) is 1. The van der Waals surface area contributed by atoms with Crippen LogP contribution in [0.3, 0.4) is 0 Å². The van der Waals surface area contributed by atoms with Gasteiger partial charge in [0.15, 0.2) is 15.9 Å². The van der Waals surface area contributed by atoms with E-state index in [1.54, 1.807) is 0 Å². The molecule has 1 saturated heterocycles. The molecule has 4 nitrogen and oxygen atoms in total. The van der Waals surface area contributed by atoms with Gasteiger partial charge in [-0.25, -0.2) is 0 Å². The molecule has 0 amide bonds. The Kier molecular flexibility index (Phi) is 3.33. The number of aromatic nitrogens is 2. The summed E-state index contributed by atoms with van der Waals surface area (Å²) in [5.41, 5.74) is -2.50. The van der Waals surface area contributed by atoms with Gasteiger partial charge in [-0.1, -0.05) is 23.2 Å². The zero-order valence-corrected chi connectivity index (χ0v) is 10.4. The van der Waals surface area contributed by atoms with Crippen LogP contribution < -0.4 is 4.90 Å². The van der Waals surface area contributed by atoms with Crippen LogP contribution in [0.4, 0.5) is 18.9 Å². The number of hydrogen-bond acceptors (Lipinski definition) is 4. The highest BCUT2D eigenvalue weighted by molar-refractivity contribution is 6.33. The van der Waals surface area contributed by atoms with Crippen molar-refractivity contribution in [2.75, 3.05) is 18.0 Å². The van der Waals surface area contributed by atoms with Crippen molar-refractivity contribution in [2.45, 2.75) is 18.2 Å². The molecule has 2 rings (SSSR count). The number of rotatable bonds is 1. The Balaban J connectivity index is 2.26.